The highest BCUT2D eigenvalue weighted by atomic mass is 16.5. The number of β-amino-alcohol motifs (C(OH)–C–C–N with tert-alkyl or cyclic N) is 1. The number of nitrogens with zero attached hydrogens (tertiary/aromatic N) is 3. The van der Waals surface area contributed by atoms with Crippen molar-refractivity contribution < 1.29 is 29.2 Å². The number of carbonyl (C=O) groups is 1. The van der Waals surface area contributed by atoms with E-state index in [2.05, 4.69) is 15.2 Å². The Morgan fingerprint density at radius 3 is 2.83 bits per heavy atom. The molecule has 1 saturated heterocycles. The Balaban J connectivity index is 1.30. The van der Waals surface area contributed by atoms with E-state index >= 15 is 0 Å². The third-order valence-electron chi connectivity index (χ3n) is 6.24. The normalized spacial score (nSPS) is 17.3. The maximum absolute atomic E-state index is 12.6. The zero-order valence-electron chi connectivity index (χ0n) is 19.6. The average Bonchev–Trinajstić information content (AvgIpc) is 3.57. The van der Waals surface area contributed by atoms with Crippen LogP contribution in [0.4, 0.5) is 0 Å². The van der Waals surface area contributed by atoms with Crippen LogP contribution in [0.3, 0.4) is 0 Å². The number of aliphatic hydroxyl groups is 1. The van der Waals surface area contributed by atoms with Crippen molar-refractivity contribution in [3.8, 4) is 28.5 Å². The van der Waals surface area contributed by atoms with Crippen LogP contribution in [0.15, 0.2) is 36.7 Å². The van der Waals surface area contributed by atoms with Crippen LogP contribution in [0.5, 0.6) is 17.2 Å². The van der Waals surface area contributed by atoms with Crippen LogP contribution in [-0.4, -0.2) is 89.1 Å². The van der Waals surface area contributed by atoms with Crippen molar-refractivity contribution in [1.29, 1.82) is 0 Å². The number of aromatic hydroxyl groups is 1. The van der Waals surface area contributed by atoms with Gasteiger partial charge in [-0.2, -0.15) is 0 Å². The fraction of sp³-hybridized carbons (Fsp3) is 0.440. The summed E-state index contributed by atoms with van der Waals surface area (Å²) in [5.74, 6) is 0.399. The molecule has 3 aromatic rings. The molecule has 0 radical (unpaired) electrons. The summed E-state index contributed by atoms with van der Waals surface area (Å²) in [4.78, 5) is 19.2. The lowest BCUT2D eigenvalue weighted by Crippen LogP contribution is -2.42. The fourth-order valence-corrected chi connectivity index (χ4v) is 4.22. The van der Waals surface area contributed by atoms with Crippen LogP contribution < -0.4 is 14.8 Å². The van der Waals surface area contributed by atoms with Crippen molar-refractivity contribution in [3.63, 3.8) is 0 Å². The molecule has 3 heterocycles. The molecule has 2 fully saturated rings. The number of pyridine rings is 1. The second-order valence-electron chi connectivity index (χ2n) is 8.93. The molecule has 1 aromatic carbocycles. The summed E-state index contributed by atoms with van der Waals surface area (Å²) in [6.07, 6.45) is 4.80. The Morgan fingerprint density at radius 2 is 2.09 bits per heavy atom. The molecule has 2 aromatic heterocycles. The lowest BCUT2D eigenvalue weighted by atomic mass is 10.1. The number of aliphatic hydroxyl groups excluding tert-OH is 1. The minimum absolute atomic E-state index is 0.128. The summed E-state index contributed by atoms with van der Waals surface area (Å²) in [6.45, 7) is 3.72. The largest absolute Gasteiger partial charge is 0.507 e. The van der Waals surface area contributed by atoms with Gasteiger partial charge in [0.1, 0.15) is 41.2 Å². The molecule has 10 heteroatoms. The number of phenolic OH excluding ortho intramolecular Hbond substituents is 1. The zero-order valence-corrected chi connectivity index (χ0v) is 19.6. The number of rotatable bonds is 9. The van der Waals surface area contributed by atoms with E-state index in [-0.39, 0.29) is 29.9 Å². The first-order valence-electron chi connectivity index (χ1n) is 11.8. The smallest absolute Gasteiger partial charge is 0.259 e. The van der Waals surface area contributed by atoms with Crippen LogP contribution >= 0.6 is 0 Å². The van der Waals surface area contributed by atoms with Gasteiger partial charge in [-0.05, 0) is 31.0 Å². The number of benzene rings is 1. The lowest BCUT2D eigenvalue weighted by Gasteiger charge is -2.28. The first-order valence-corrected chi connectivity index (χ1v) is 11.8. The third-order valence-corrected chi connectivity index (χ3v) is 6.24. The number of nitrogens with one attached hydrogen (secondary N) is 1. The van der Waals surface area contributed by atoms with Gasteiger partial charge < -0.3 is 29.7 Å². The van der Waals surface area contributed by atoms with E-state index in [1.54, 1.807) is 30.5 Å². The van der Waals surface area contributed by atoms with Gasteiger partial charge in [0, 0.05) is 43.5 Å². The average molecular weight is 483 g/mol. The molecule has 1 aliphatic heterocycles. The molecular weight excluding hydrogens is 452 g/mol. The Morgan fingerprint density at radius 1 is 1.29 bits per heavy atom. The number of amides is 1. The highest BCUT2D eigenvalue weighted by Crippen LogP contribution is 2.35. The number of aromatic nitrogens is 2. The zero-order chi connectivity index (χ0) is 24.4. The molecule has 1 unspecified atom stereocenters. The highest BCUT2D eigenvalue weighted by molar-refractivity contribution is 6.00. The molecule has 0 bridgehead atoms. The topological polar surface area (TPSA) is 118 Å². The monoisotopic (exact) mass is 482 g/mol. The first kappa shape index (κ1) is 23.4. The predicted molar refractivity (Wildman–Crippen MR) is 128 cm³/mol. The standard InChI is InChI=1S/C25H30N4O6/c1-33-22-11-16(10-21(31)24(22)25(32)27-17-2-3-17)20-13-26-23-12-19(4-5-29(20)23)35-15-18(30)14-28-6-8-34-9-7-28/h4-5,10-13,17-18,30-31H,2-3,6-9,14-15H2,1H3,(H,27,32). The van der Waals surface area contributed by atoms with Crippen molar-refractivity contribution in [1.82, 2.24) is 19.6 Å². The number of carbonyl (C=O) groups excluding carboxylic acids is 1. The van der Waals surface area contributed by atoms with Gasteiger partial charge in [0.05, 0.1) is 32.2 Å². The maximum Gasteiger partial charge on any atom is 0.259 e. The van der Waals surface area contributed by atoms with Crippen LogP contribution in [-0.2, 0) is 4.74 Å². The van der Waals surface area contributed by atoms with E-state index in [1.807, 2.05) is 10.6 Å². The van der Waals surface area contributed by atoms with Gasteiger partial charge in [-0.25, -0.2) is 4.98 Å². The second-order valence-corrected chi connectivity index (χ2v) is 8.93. The first-order chi connectivity index (χ1) is 17.0. The summed E-state index contributed by atoms with van der Waals surface area (Å²) in [7, 11) is 1.47. The van der Waals surface area contributed by atoms with Gasteiger partial charge in [-0.15, -0.1) is 0 Å². The molecule has 1 saturated carbocycles. The van der Waals surface area contributed by atoms with Gasteiger partial charge >= 0.3 is 0 Å². The van der Waals surface area contributed by atoms with Crippen molar-refractivity contribution in [2.24, 2.45) is 0 Å². The van der Waals surface area contributed by atoms with Crippen LogP contribution in [0, 0.1) is 0 Å². The molecule has 1 aliphatic carbocycles. The number of hydrogen-bond acceptors (Lipinski definition) is 8. The minimum Gasteiger partial charge on any atom is -0.507 e. The van der Waals surface area contributed by atoms with Gasteiger partial charge in [0.2, 0.25) is 0 Å². The van der Waals surface area contributed by atoms with E-state index in [0.717, 1.165) is 31.6 Å². The molecule has 1 atom stereocenters. The number of phenols is 1. The summed E-state index contributed by atoms with van der Waals surface area (Å²) in [6, 6.07) is 7.02. The fourth-order valence-electron chi connectivity index (χ4n) is 4.22. The molecule has 1 amide bonds. The van der Waals surface area contributed by atoms with E-state index in [0.29, 0.717) is 42.5 Å². The van der Waals surface area contributed by atoms with E-state index < -0.39 is 6.10 Å². The van der Waals surface area contributed by atoms with Crippen LogP contribution in [0.25, 0.3) is 16.9 Å². The van der Waals surface area contributed by atoms with E-state index in [9.17, 15) is 15.0 Å². The highest BCUT2D eigenvalue weighted by Gasteiger charge is 2.27. The summed E-state index contributed by atoms with van der Waals surface area (Å²) < 4.78 is 18.4. The summed E-state index contributed by atoms with van der Waals surface area (Å²) in [5.41, 5.74) is 2.16. The van der Waals surface area contributed by atoms with Crippen LogP contribution in [0.2, 0.25) is 0 Å². The molecule has 0 spiro atoms. The van der Waals surface area contributed by atoms with Crippen LogP contribution in [0.1, 0.15) is 23.2 Å². The predicted octanol–water partition coefficient (Wildman–Crippen LogP) is 1.68. The number of fused-ring (bicyclic) bond motifs is 1. The molecule has 3 N–H and O–H groups in total. The number of ether oxygens (including phenoxy) is 3. The Hall–Kier alpha value is -3.34. The van der Waals surface area contributed by atoms with Gasteiger partial charge in [0.25, 0.3) is 5.91 Å². The third kappa shape index (κ3) is 5.34. The quantitative estimate of drug-likeness (QED) is 0.422. The van der Waals surface area contributed by atoms with Gasteiger partial charge in [0.15, 0.2) is 0 Å². The number of methoxy groups -OCH3 is 1. The maximum atomic E-state index is 12.6. The number of imidazole rings is 1. The van der Waals surface area contributed by atoms with E-state index in [4.69, 9.17) is 14.2 Å². The molecule has 2 aliphatic rings. The minimum atomic E-state index is -0.606. The summed E-state index contributed by atoms with van der Waals surface area (Å²) >= 11 is 0. The summed E-state index contributed by atoms with van der Waals surface area (Å²) in [5, 5.41) is 23.8. The number of morpholine rings is 1. The van der Waals surface area contributed by atoms with Crippen molar-refractivity contribution in [2.75, 3.05) is 46.6 Å². The number of hydrogen-bond donors (Lipinski definition) is 3. The lowest BCUT2D eigenvalue weighted by molar-refractivity contribution is 0.00465. The molecule has 5 rings (SSSR count). The van der Waals surface area contributed by atoms with Crippen molar-refractivity contribution >= 4 is 11.6 Å². The molecule has 10 nitrogen and oxygen atoms in total. The molecule has 186 valence electrons. The van der Waals surface area contributed by atoms with Crippen molar-refractivity contribution in [3.05, 3.63) is 42.2 Å². The molecular formula is C25H30N4O6. The molecule has 35 heavy (non-hydrogen) atoms. The Kier molecular flexibility index (Phi) is 6.76. The Bertz CT molecular complexity index is 1200. The second kappa shape index (κ2) is 10.1. The van der Waals surface area contributed by atoms with Gasteiger partial charge in [-0.3, -0.25) is 14.1 Å². The Labute approximate surface area is 203 Å². The SMILES string of the molecule is COc1cc(-c2cnc3cc(OCC(O)CN4CCOCC4)ccn23)cc(O)c1C(=O)NC1CC1. The van der Waals surface area contributed by atoms with Gasteiger partial charge in [-0.1, -0.05) is 0 Å². The van der Waals surface area contributed by atoms with E-state index in [1.165, 1.54) is 7.11 Å². The van der Waals surface area contributed by atoms with Crippen molar-refractivity contribution in [2.45, 2.75) is 25.0 Å².